The Labute approximate surface area is 251 Å². The normalized spacial score (nSPS) is 11.6. The highest BCUT2D eigenvalue weighted by atomic mass is 16.5. The molecular formula is C37H72O3. The van der Waals surface area contributed by atoms with Crippen LogP contribution >= 0.6 is 0 Å². The summed E-state index contributed by atoms with van der Waals surface area (Å²) in [5.41, 5.74) is 0. The number of carbonyl (C=O) groups is 1. The van der Waals surface area contributed by atoms with Crippen molar-refractivity contribution in [2.75, 3.05) is 13.2 Å². The first-order chi connectivity index (χ1) is 19.8. The van der Waals surface area contributed by atoms with Crippen LogP contribution in [0, 0.1) is 0 Å². The molecule has 0 aliphatic carbocycles. The molecule has 0 heterocycles. The fourth-order valence-corrected chi connectivity index (χ4v) is 5.46. The SMILES string of the molecule is CCCCCCCCC=CCCCCCCCCCCCC(=O)OCCCCCCCCCCCCCCCO. The third kappa shape index (κ3) is 35.2. The van der Waals surface area contributed by atoms with Crippen molar-refractivity contribution in [3.8, 4) is 0 Å². The molecule has 0 bridgehead atoms. The topological polar surface area (TPSA) is 46.5 Å². The number of hydrogen-bond donors (Lipinski definition) is 1. The number of allylic oxidation sites excluding steroid dienone is 2. The zero-order chi connectivity index (χ0) is 29.0. The summed E-state index contributed by atoms with van der Waals surface area (Å²) in [5, 5.41) is 8.78. The molecule has 0 aliphatic rings. The van der Waals surface area contributed by atoms with Crippen molar-refractivity contribution in [1.82, 2.24) is 0 Å². The maximum Gasteiger partial charge on any atom is 0.305 e. The third-order valence-corrected chi connectivity index (χ3v) is 8.21. The molecule has 0 atom stereocenters. The lowest BCUT2D eigenvalue weighted by Gasteiger charge is -2.06. The second kappa shape index (κ2) is 36.2. The van der Waals surface area contributed by atoms with E-state index in [0.29, 0.717) is 19.6 Å². The largest absolute Gasteiger partial charge is 0.466 e. The summed E-state index contributed by atoms with van der Waals surface area (Å²) in [4.78, 5) is 11.9. The summed E-state index contributed by atoms with van der Waals surface area (Å²) >= 11 is 0. The summed E-state index contributed by atoms with van der Waals surface area (Å²) in [6, 6.07) is 0. The van der Waals surface area contributed by atoms with Crippen molar-refractivity contribution in [3.05, 3.63) is 12.2 Å². The molecule has 40 heavy (non-hydrogen) atoms. The third-order valence-electron chi connectivity index (χ3n) is 8.21. The van der Waals surface area contributed by atoms with Crippen LogP contribution in [0.1, 0.15) is 206 Å². The van der Waals surface area contributed by atoms with Crippen LogP contribution in [0.25, 0.3) is 0 Å². The lowest BCUT2D eigenvalue weighted by molar-refractivity contribution is -0.143. The highest BCUT2D eigenvalue weighted by Gasteiger charge is 2.02. The van der Waals surface area contributed by atoms with Crippen LogP contribution in [0.5, 0.6) is 0 Å². The first-order valence-corrected chi connectivity index (χ1v) is 18.2. The number of aliphatic hydroxyl groups excluding tert-OH is 1. The molecule has 0 spiro atoms. The van der Waals surface area contributed by atoms with Crippen LogP contribution in [0.15, 0.2) is 12.2 Å². The Bertz CT molecular complexity index is 502. The Kier molecular flexibility index (Phi) is 35.4. The first-order valence-electron chi connectivity index (χ1n) is 18.2. The maximum absolute atomic E-state index is 11.9. The second-order valence-electron chi connectivity index (χ2n) is 12.3. The van der Waals surface area contributed by atoms with E-state index in [1.165, 1.54) is 173 Å². The molecular weight excluding hydrogens is 492 g/mol. The Hall–Kier alpha value is -0.830. The van der Waals surface area contributed by atoms with E-state index in [9.17, 15) is 4.79 Å². The Morgan fingerprint density at radius 2 is 0.825 bits per heavy atom. The van der Waals surface area contributed by atoms with Crippen LogP contribution in [-0.2, 0) is 9.53 Å². The van der Waals surface area contributed by atoms with Crippen molar-refractivity contribution in [2.45, 2.75) is 206 Å². The molecule has 0 radical (unpaired) electrons. The summed E-state index contributed by atoms with van der Waals surface area (Å²) in [5.74, 6) is 0.0115. The lowest BCUT2D eigenvalue weighted by Crippen LogP contribution is -2.05. The molecule has 0 aromatic heterocycles. The van der Waals surface area contributed by atoms with Gasteiger partial charge in [-0.1, -0.05) is 167 Å². The molecule has 1 N–H and O–H groups in total. The van der Waals surface area contributed by atoms with E-state index in [0.717, 1.165) is 19.3 Å². The van der Waals surface area contributed by atoms with Gasteiger partial charge in [0.05, 0.1) is 6.61 Å². The van der Waals surface area contributed by atoms with Gasteiger partial charge in [0.1, 0.15) is 0 Å². The van der Waals surface area contributed by atoms with E-state index in [4.69, 9.17) is 9.84 Å². The molecule has 0 saturated heterocycles. The standard InChI is InChI=1S/C37H72O3/c1-2-3-4-5-6-7-8-9-10-11-12-13-14-16-19-22-25-28-31-34-37(39)40-36-33-30-27-24-21-18-15-17-20-23-26-29-32-35-38/h9-10,38H,2-8,11-36H2,1H3. The molecule has 0 aromatic rings. The number of ether oxygens (including phenoxy) is 1. The summed E-state index contributed by atoms with van der Waals surface area (Å²) in [6.45, 7) is 3.25. The summed E-state index contributed by atoms with van der Waals surface area (Å²) < 4.78 is 5.43. The number of rotatable bonds is 34. The average Bonchev–Trinajstić information content (AvgIpc) is 2.96. The van der Waals surface area contributed by atoms with E-state index in [1.54, 1.807) is 0 Å². The average molecular weight is 565 g/mol. The highest BCUT2D eigenvalue weighted by molar-refractivity contribution is 5.69. The van der Waals surface area contributed by atoms with E-state index in [-0.39, 0.29) is 5.97 Å². The van der Waals surface area contributed by atoms with E-state index < -0.39 is 0 Å². The van der Waals surface area contributed by atoms with Gasteiger partial charge >= 0.3 is 5.97 Å². The fourth-order valence-electron chi connectivity index (χ4n) is 5.46. The minimum absolute atomic E-state index is 0.0115. The highest BCUT2D eigenvalue weighted by Crippen LogP contribution is 2.14. The molecule has 0 rings (SSSR count). The molecule has 0 unspecified atom stereocenters. The maximum atomic E-state index is 11.9. The lowest BCUT2D eigenvalue weighted by atomic mass is 10.0. The predicted molar refractivity (Wildman–Crippen MR) is 176 cm³/mol. The number of hydrogen-bond acceptors (Lipinski definition) is 3. The zero-order valence-electron chi connectivity index (χ0n) is 27.3. The molecule has 0 amide bonds. The van der Waals surface area contributed by atoms with Gasteiger partial charge in [-0.3, -0.25) is 4.79 Å². The zero-order valence-corrected chi connectivity index (χ0v) is 27.3. The van der Waals surface area contributed by atoms with Gasteiger partial charge in [-0.25, -0.2) is 0 Å². The Morgan fingerprint density at radius 1 is 0.475 bits per heavy atom. The van der Waals surface area contributed by atoms with Crippen molar-refractivity contribution in [3.63, 3.8) is 0 Å². The molecule has 238 valence electrons. The molecule has 0 fully saturated rings. The van der Waals surface area contributed by atoms with Crippen molar-refractivity contribution in [2.24, 2.45) is 0 Å². The quantitative estimate of drug-likeness (QED) is 0.0480. The molecule has 3 heteroatoms. The molecule has 0 aliphatic heterocycles. The minimum Gasteiger partial charge on any atom is -0.466 e. The fraction of sp³-hybridized carbons (Fsp3) is 0.919. The van der Waals surface area contributed by atoms with Crippen molar-refractivity contribution < 1.29 is 14.6 Å². The second-order valence-corrected chi connectivity index (χ2v) is 12.3. The van der Waals surface area contributed by atoms with Crippen molar-refractivity contribution in [1.29, 1.82) is 0 Å². The molecule has 0 aromatic carbocycles. The Morgan fingerprint density at radius 3 is 1.25 bits per heavy atom. The Balaban J connectivity index is 3.18. The number of unbranched alkanes of at least 4 members (excludes halogenated alkanes) is 27. The summed E-state index contributed by atoms with van der Waals surface area (Å²) in [7, 11) is 0. The first kappa shape index (κ1) is 39.2. The smallest absolute Gasteiger partial charge is 0.305 e. The number of esters is 1. The van der Waals surface area contributed by atoms with Gasteiger partial charge < -0.3 is 9.84 Å². The van der Waals surface area contributed by atoms with Gasteiger partial charge in [0, 0.05) is 13.0 Å². The van der Waals surface area contributed by atoms with Crippen LogP contribution in [0.3, 0.4) is 0 Å². The predicted octanol–water partition coefficient (Wildman–Crippen LogP) is 12.2. The van der Waals surface area contributed by atoms with E-state index in [2.05, 4.69) is 19.1 Å². The molecule has 3 nitrogen and oxygen atoms in total. The minimum atomic E-state index is 0.0115. The van der Waals surface area contributed by atoms with Crippen LogP contribution < -0.4 is 0 Å². The van der Waals surface area contributed by atoms with Gasteiger partial charge in [-0.05, 0) is 44.9 Å². The van der Waals surface area contributed by atoms with Gasteiger partial charge in [0.15, 0.2) is 0 Å². The van der Waals surface area contributed by atoms with Crippen LogP contribution in [0.4, 0.5) is 0 Å². The number of aliphatic hydroxyl groups is 1. The number of carbonyl (C=O) groups excluding carboxylic acids is 1. The van der Waals surface area contributed by atoms with Gasteiger partial charge in [-0.15, -0.1) is 0 Å². The monoisotopic (exact) mass is 565 g/mol. The van der Waals surface area contributed by atoms with Gasteiger partial charge in [-0.2, -0.15) is 0 Å². The van der Waals surface area contributed by atoms with E-state index in [1.807, 2.05) is 0 Å². The van der Waals surface area contributed by atoms with Crippen molar-refractivity contribution >= 4 is 5.97 Å². The van der Waals surface area contributed by atoms with Gasteiger partial charge in [0.2, 0.25) is 0 Å². The summed E-state index contributed by atoms with van der Waals surface area (Å²) in [6.07, 6.45) is 44.3. The van der Waals surface area contributed by atoms with Crippen LogP contribution in [-0.4, -0.2) is 24.3 Å². The van der Waals surface area contributed by atoms with Gasteiger partial charge in [0.25, 0.3) is 0 Å². The van der Waals surface area contributed by atoms with Crippen LogP contribution in [0.2, 0.25) is 0 Å². The van der Waals surface area contributed by atoms with E-state index >= 15 is 0 Å². The molecule has 0 saturated carbocycles.